The Morgan fingerprint density at radius 3 is 2.53 bits per heavy atom. The second kappa shape index (κ2) is 8.41. The van der Waals surface area contributed by atoms with E-state index in [1.807, 2.05) is 6.92 Å². The Morgan fingerprint density at radius 2 is 1.83 bits per heavy atom. The first-order valence-corrected chi connectivity index (χ1v) is 11.7. The van der Waals surface area contributed by atoms with Crippen molar-refractivity contribution in [3.63, 3.8) is 0 Å². The minimum absolute atomic E-state index is 0.0800. The van der Waals surface area contributed by atoms with E-state index in [-0.39, 0.29) is 18.6 Å². The molecule has 0 bridgehead atoms. The fraction of sp³-hybridized carbons (Fsp3) is 0.318. The zero-order chi connectivity index (χ0) is 21.3. The summed E-state index contributed by atoms with van der Waals surface area (Å²) in [5, 5.41) is 3.59. The zero-order valence-corrected chi connectivity index (χ0v) is 18.2. The van der Waals surface area contributed by atoms with Gasteiger partial charge in [0.15, 0.2) is 0 Å². The lowest BCUT2D eigenvalue weighted by Crippen LogP contribution is -2.47. The summed E-state index contributed by atoms with van der Waals surface area (Å²) in [6.07, 6.45) is 2.91. The molecule has 2 heterocycles. The molecule has 1 fully saturated rings. The second-order valence-electron chi connectivity index (χ2n) is 7.61. The molecule has 0 spiro atoms. The largest absolute Gasteiger partial charge is 0.488 e. The molecular weight excluding hydrogens is 424 g/mol. The Kier molecular flexibility index (Phi) is 5.86. The molecule has 2 aliphatic heterocycles. The van der Waals surface area contributed by atoms with Crippen LogP contribution in [0.2, 0.25) is 5.02 Å². The van der Waals surface area contributed by atoms with Gasteiger partial charge in [-0.05, 0) is 56.2 Å². The van der Waals surface area contributed by atoms with Gasteiger partial charge in [-0.1, -0.05) is 29.3 Å². The summed E-state index contributed by atoms with van der Waals surface area (Å²) in [7, 11) is -3.51. The number of sulfonamides is 1. The second-order valence-corrected chi connectivity index (χ2v) is 9.98. The highest BCUT2D eigenvalue weighted by atomic mass is 35.5. The number of carbonyl (C=O) groups is 1. The molecule has 8 heteroatoms. The highest BCUT2D eigenvalue weighted by molar-refractivity contribution is 7.89. The van der Waals surface area contributed by atoms with E-state index >= 15 is 0 Å². The number of fused-ring (bicyclic) bond motifs is 1. The lowest BCUT2D eigenvalue weighted by Gasteiger charge is -2.32. The number of aryl methyl sites for hydroxylation is 1. The van der Waals surface area contributed by atoms with Gasteiger partial charge in [0.05, 0.1) is 10.5 Å². The van der Waals surface area contributed by atoms with E-state index in [9.17, 15) is 13.2 Å². The number of carbonyl (C=O) groups excluding carboxylic acids is 1. The van der Waals surface area contributed by atoms with Gasteiger partial charge < -0.3 is 10.1 Å². The average molecular weight is 447 g/mol. The first-order chi connectivity index (χ1) is 14.3. The molecule has 0 saturated carbocycles. The fourth-order valence-electron chi connectivity index (χ4n) is 3.66. The number of halogens is 1. The molecule has 2 aliphatic rings. The van der Waals surface area contributed by atoms with Crippen molar-refractivity contribution in [1.82, 2.24) is 9.62 Å². The average Bonchev–Trinajstić information content (AvgIpc) is 2.74. The topological polar surface area (TPSA) is 75.7 Å². The van der Waals surface area contributed by atoms with Crippen LogP contribution < -0.4 is 10.1 Å². The van der Waals surface area contributed by atoms with Crippen molar-refractivity contribution in [2.24, 2.45) is 0 Å². The number of nitrogens with zero attached hydrogens (tertiary/aromatic N) is 1. The normalized spacial score (nSPS) is 17.6. The molecule has 1 amide bonds. The number of hydrogen-bond donors (Lipinski definition) is 1. The summed E-state index contributed by atoms with van der Waals surface area (Å²) in [5.41, 5.74) is 2.32. The van der Waals surface area contributed by atoms with Gasteiger partial charge in [0.25, 0.3) is 5.91 Å². The van der Waals surface area contributed by atoms with Crippen LogP contribution in [0.3, 0.4) is 0 Å². The Labute approximate surface area is 181 Å². The van der Waals surface area contributed by atoms with E-state index in [2.05, 4.69) is 5.32 Å². The van der Waals surface area contributed by atoms with Crippen LogP contribution >= 0.6 is 11.6 Å². The summed E-state index contributed by atoms with van der Waals surface area (Å²) in [5.74, 6) is 0.506. The maximum Gasteiger partial charge on any atom is 0.250 e. The molecule has 0 aliphatic carbocycles. The van der Waals surface area contributed by atoms with E-state index < -0.39 is 10.0 Å². The number of benzene rings is 2. The van der Waals surface area contributed by atoms with Crippen LogP contribution in [-0.4, -0.2) is 44.4 Å². The maximum atomic E-state index is 12.8. The number of amides is 1. The van der Waals surface area contributed by atoms with Gasteiger partial charge in [-0.3, -0.25) is 4.79 Å². The Balaban J connectivity index is 1.37. The molecular formula is C22H23ClN2O4S. The van der Waals surface area contributed by atoms with Crippen molar-refractivity contribution >= 4 is 33.6 Å². The molecule has 0 aromatic heterocycles. The molecule has 0 radical (unpaired) electrons. The number of ether oxygens (including phenoxy) is 1. The summed E-state index contributed by atoms with van der Waals surface area (Å²) >= 11 is 6.02. The highest BCUT2D eigenvalue weighted by Crippen LogP contribution is 2.29. The number of nitrogens with one attached hydrogen (secondary N) is 1. The van der Waals surface area contributed by atoms with E-state index in [0.29, 0.717) is 47.2 Å². The van der Waals surface area contributed by atoms with E-state index in [1.54, 1.807) is 48.5 Å². The van der Waals surface area contributed by atoms with Gasteiger partial charge >= 0.3 is 0 Å². The molecule has 1 N–H and O–H groups in total. The third kappa shape index (κ3) is 4.38. The van der Waals surface area contributed by atoms with Crippen LogP contribution in [0, 0.1) is 6.92 Å². The zero-order valence-electron chi connectivity index (χ0n) is 16.6. The van der Waals surface area contributed by atoms with Crippen LogP contribution in [0.5, 0.6) is 5.75 Å². The molecule has 0 unspecified atom stereocenters. The minimum Gasteiger partial charge on any atom is -0.488 e. The van der Waals surface area contributed by atoms with Gasteiger partial charge in [0.2, 0.25) is 10.0 Å². The van der Waals surface area contributed by atoms with Crippen molar-refractivity contribution in [3.05, 3.63) is 64.2 Å². The molecule has 6 nitrogen and oxygen atoms in total. The monoisotopic (exact) mass is 446 g/mol. The number of hydrogen-bond acceptors (Lipinski definition) is 4. The van der Waals surface area contributed by atoms with Crippen molar-refractivity contribution < 1.29 is 17.9 Å². The Bertz CT molecular complexity index is 1090. The molecule has 1 saturated heterocycles. The molecule has 2 aromatic carbocycles. The van der Waals surface area contributed by atoms with Crippen molar-refractivity contribution in [2.75, 3.05) is 19.7 Å². The minimum atomic E-state index is -3.51. The molecule has 0 atom stereocenters. The lowest BCUT2D eigenvalue weighted by molar-refractivity contribution is -0.118. The van der Waals surface area contributed by atoms with Crippen LogP contribution in [0.15, 0.2) is 52.9 Å². The van der Waals surface area contributed by atoms with Crippen molar-refractivity contribution in [2.45, 2.75) is 30.7 Å². The summed E-state index contributed by atoms with van der Waals surface area (Å²) in [6.45, 7) is 2.86. The molecule has 30 heavy (non-hydrogen) atoms. The van der Waals surface area contributed by atoms with Gasteiger partial charge in [-0.15, -0.1) is 0 Å². The van der Waals surface area contributed by atoms with Gasteiger partial charge in [-0.2, -0.15) is 4.31 Å². The third-order valence-corrected chi connectivity index (χ3v) is 7.57. The Hall–Kier alpha value is -2.35. The molecule has 158 valence electrons. The summed E-state index contributed by atoms with van der Waals surface area (Å²) in [4.78, 5) is 13.0. The van der Waals surface area contributed by atoms with E-state index in [4.69, 9.17) is 16.3 Å². The quantitative estimate of drug-likeness (QED) is 0.781. The van der Waals surface area contributed by atoms with Crippen LogP contribution in [0.1, 0.15) is 24.0 Å². The van der Waals surface area contributed by atoms with Gasteiger partial charge in [-0.25, -0.2) is 8.42 Å². The number of piperidine rings is 1. The first kappa shape index (κ1) is 20.9. The first-order valence-electron chi connectivity index (χ1n) is 9.83. The fourth-order valence-corrected chi connectivity index (χ4v) is 5.31. The molecule has 4 rings (SSSR count). The van der Waals surface area contributed by atoms with Crippen LogP contribution in [-0.2, 0) is 14.8 Å². The predicted octanol–water partition coefficient (Wildman–Crippen LogP) is 3.39. The number of rotatable bonds is 4. The van der Waals surface area contributed by atoms with Gasteiger partial charge in [0.1, 0.15) is 12.4 Å². The van der Waals surface area contributed by atoms with Crippen molar-refractivity contribution in [3.8, 4) is 5.75 Å². The summed E-state index contributed by atoms with van der Waals surface area (Å²) in [6, 6.07) is 12.1. The lowest BCUT2D eigenvalue weighted by atomic mass is 10.0. The standard InChI is InChI=1S/C22H23ClN2O4S/c1-15-2-5-20(6-3-15)30(27,28)25-10-8-19(9-11-25)24-22(26)17-12-16-13-18(23)4-7-21(16)29-14-17/h2-7,12-13,19H,8-11,14H2,1H3,(H,24,26). The smallest absolute Gasteiger partial charge is 0.250 e. The Morgan fingerprint density at radius 1 is 1.13 bits per heavy atom. The van der Waals surface area contributed by atoms with Gasteiger partial charge in [0, 0.05) is 29.7 Å². The van der Waals surface area contributed by atoms with Crippen LogP contribution in [0.25, 0.3) is 6.08 Å². The predicted molar refractivity (Wildman–Crippen MR) is 116 cm³/mol. The highest BCUT2D eigenvalue weighted by Gasteiger charge is 2.30. The van der Waals surface area contributed by atoms with Crippen LogP contribution in [0.4, 0.5) is 0 Å². The summed E-state index contributed by atoms with van der Waals surface area (Å²) < 4.78 is 32.8. The van der Waals surface area contributed by atoms with E-state index in [0.717, 1.165) is 11.1 Å². The molecule has 2 aromatic rings. The SMILES string of the molecule is Cc1ccc(S(=O)(=O)N2CCC(NC(=O)C3=Cc4cc(Cl)ccc4OC3)CC2)cc1. The van der Waals surface area contributed by atoms with E-state index in [1.165, 1.54) is 4.31 Å². The third-order valence-electron chi connectivity index (χ3n) is 5.42. The van der Waals surface area contributed by atoms with Crippen molar-refractivity contribution in [1.29, 1.82) is 0 Å². The maximum absolute atomic E-state index is 12.8.